The molecular formula is C12H16N4O. The predicted molar refractivity (Wildman–Crippen MR) is 67.9 cm³/mol. The fraction of sp³-hybridized carbons (Fsp3) is 0.333. The molecule has 0 radical (unpaired) electrons. The Morgan fingerprint density at radius 1 is 1.47 bits per heavy atom. The van der Waals surface area contributed by atoms with Crippen LogP contribution < -0.4 is 10.6 Å². The summed E-state index contributed by atoms with van der Waals surface area (Å²) in [6.07, 6.45) is 3.10. The molecule has 5 heteroatoms. The zero-order valence-corrected chi connectivity index (χ0v) is 9.79. The van der Waals surface area contributed by atoms with Crippen LogP contribution in [0.4, 0.5) is 5.69 Å². The Labute approximate surface area is 99.6 Å². The van der Waals surface area contributed by atoms with Gasteiger partial charge in [-0.05, 0) is 26.1 Å². The molecule has 0 saturated carbocycles. The quantitative estimate of drug-likeness (QED) is 0.684. The van der Waals surface area contributed by atoms with Crippen LogP contribution in [0.15, 0.2) is 24.4 Å². The first-order valence-electron chi connectivity index (χ1n) is 5.68. The minimum Gasteiger partial charge on any atom is -0.324 e. The number of aromatic amines is 1. The molecule has 0 aliphatic carbocycles. The number of benzene rings is 1. The summed E-state index contributed by atoms with van der Waals surface area (Å²) in [6, 6.07) is 5.73. The van der Waals surface area contributed by atoms with Crippen molar-refractivity contribution >= 4 is 22.5 Å². The maximum atomic E-state index is 11.7. The highest BCUT2D eigenvalue weighted by atomic mass is 16.1. The maximum absolute atomic E-state index is 11.7. The number of rotatable bonds is 5. The van der Waals surface area contributed by atoms with E-state index in [9.17, 15) is 4.79 Å². The molecule has 1 amide bonds. The van der Waals surface area contributed by atoms with Crippen LogP contribution in [0.1, 0.15) is 12.8 Å². The van der Waals surface area contributed by atoms with E-state index in [1.54, 1.807) is 6.20 Å². The number of fused-ring (bicyclic) bond motifs is 1. The number of carbonyl (C=O) groups is 1. The van der Waals surface area contributed by atoms with Crippen LogP contribution in [0, 0.1) is 0 Å². The van der Waals surface area contributed by atoms with Crippen molar-refractivity contribution in [1.82, 2.24) is 15.5 Å². The summed E-state index contributed by atoms with van der Waals surface area (Å²) in [5, 5.41) is 13.7. The molecule has 0 spiro atoms. The minimum absolute atomic E-state index is 0.0300. The number of para-hydroxylation sites is 1. The molecule has 1 aromatic heterocycles. The summed E-state index contributed by atoms with van der Waals surface area (Å²) in [7, 11) is 1.88. The summed E-state index contributed by atoms with van der Waals surface area (Å²) in [5.41, 5.74) is 1.66. The van der Waals surface area contributed by atoms with E-state index in [0.29, 0.717) is 6.42 Å². The van der Waals surface area contributed by atoms with Gasteiger partial charge < -0.3 is 10.6 Å². The topological polar surface area (TPSA) is 69.8 Å². The molecule has 0 aliphatic heterocycles. The lowest BCUT2D eigenvalue weighted by Gasteiger charge is -2.05. The molecule has 0 fully saturated rings. The van der Waals surface area contributed by atoms with E-state index in [2.05, 4.69) is 20.8 Å². The Bertz CT molecular complexity index is 506. The van der Waals surface area contributed by atoms with Gasteiger partial charge in [-0.25, -0.2) is 0 Å². The van der Waals surface area contributed by atoms with Crippen molar-refractivity contribution < 1.29 is 4.79 Å². The van der Waals surface area contributed by atoms with E-state index in [-0.39, 0.29) is 5.91 Å². The number of carbonyl (C=O) groups excluding carboxylic acids is 1. The highest BCUT2D eigenvalue weighted by molar-refractivity contribution is 6.00. The molecule has 2 rings (SSSR count). The second-order valence-corrected chi connectivity index (χ2v) is 3.90. The van der Waals surface area contributed by atoms with Crippen molar-refractivity contribution in [1.29, 1.82) is 0 Å². The van der Waals surface area contributed by atoms with Crippen molar-refractivity contribution in [3.63, 3.8) is 0 Å². The van der Waals surface area contributed by atoms with Gasteiger partial charge in [0.05, 0.1) is 17.4 Å². The first-order chi connectivity index (χ1) is 8.31. The van der Waals surface area contributed by atoms with Gasteiger partial charge in [0.2, 0.25) is 5.91 Å². The Morgan fingerprint density at radius 3 is 3.18 bits per heavy atom. The average molecular weight is 232 g/mol. The fourth-order valence-corrected chi connectivity index (χ4v) is 1.71. The van der Waals surface area contributed by atoms with Gasteiger partial charge in [0, 0.05) is 11.8 Å². The van der Waals surface area contributed by atoms with E-state index in [4.69, 9.17) is 0 Å². The van der Waals surface area contributed by atoms with Crippen LogP contribution in [0.3, 0.4) is 0 Å². The van der Waals surface area contributed by atoms with E-state index in [0.717, 1.165) is 29.6 Å². The Hall–Kier alpha value is -1.88. The lowest BCUT2D eigenvalue weighted by Crippen LogP contribution is -2.15. The van der Waals surface area contributed by atoms with Crippen molar-refractivity contribution in [2.75, 3.05) is 18.9 Å². The summed E-state index contributed by atoms with van der Waals surface area (Å²) >= 11 is 0. The van der Waals surface area contributed by atoms with Crippen molar-refractivity contribution in [2.45, 2.75) is 12.8 Å². The van der Waals surface area contributed by atoms with Gasteiger partial charge in [0.1, 0.15) is 0 Å². The molecule has 3 N–H and O–H groups in total. The monoisotopic (exact) mass is 232 g/mol. The standard InChI is InChI=1S/C12H16N4O/c1-13-7-3-6-11(17)15-10-5-2-4-9-8-14-16-12(9)10/h2,4-5,8,13H,3,6-7H2,1H3,(H,14,16)(H,15,17). The average Bonchev–Trinajstić information content (AvgIpc) is 2.78. The second-order valence-electron chi connectivity index (χ2n) is 3.90. The molecular weight excluding hydrogens is 216 g/mol. The number of hydrogen-bond acceptors (Lipinski definition) is 3. The van der Waals surface area contributed by atoms with Gasteiger partial charge in [-0.15, -0.1) is 0 Å². The van der Waals surface area contributed by atoms with Gasteiger partial charge in [-0.2, -0.15) is 5.10 Å². The molecule has 1 aromatic carbocycles. The van der Waals surface area contributed by atoms with Crippen LogP contribution in [-0.4, -0.2) is 29.7 Å². The van der Waals surface area contributed by atoms with Gasteiger partial charge >= 0.3 is 0 Å². The summed E-state index contributed by atoms with van der Waals surface area (Å²) in [5.74, 6) is 0.0300. The van der Waals surface area contributed by atoms with E-state index < -0.39 is 0 Å². The molecule has 0 unspecified atom stereocenters. The van der Waals surface area contributed by atoms with Crippen LogP contribution in [0.2, 0.25) is 0 Å². The summed E-state index contributed by atoms with van der Waals surface area (Å²) < 4.78 is 0. The molecule has 0 saturated heterocycles. The zero-order valence-electron chi connectivity index (χ0n) is 9.79. The highest BCUT2D eigenvalue weighted by Crippen LogP contribution is 2.20. The van der Waals surface area contributed by atoms with Gasteiger partial charge in [0.25, 0.3) is 0 Å². The molecule has 5 nitrogen and oxygen atoms in total. The molecule has 17 heavy (non-hydrogen) atoms. The number of H-pyrrole nitrogens is 1. The highest BCUT2D eigenvalue weighted by Gasteiger charge is 2.06. The molecule has 0 aliphatic rings. The lowest BCUT2D eigenvalue weighted by atomic mass is 10.2. The first kappa shape index (κ1) is 11.6. The summed E-state index contributed by atoms with van der Waals surface area (Å²) in [6.45, 7) is 0.849. The SMILES string of the molecule is CNCCCC(=O)Nc1cccc2cn[nH]c12. The van der Waals surface area contributed by atoms with Crippen molar-refractivity contribution in [3.8, 4) is 0 Å². The van der Waals surface area contributed by atoms with Crippen molar-refractivity contribution in [3.05, 3.63) is 24.4 Å². The third-order valence-electron chi connectivity index (χ3n) is 2.58. The van der Waals surface area contributed by atoms with E-state index >= 15 is 0 Å². The number of hydrogen-bond donors (Lipinski definition) is 3. The molecule has 90 valence electrons. The number of nitrogens with zero attached hydrogens (tertiary/aromatic N) is 1. The maximum Gasteiger partial charge on any atom is 0.224 e. The van der Waals surface area contributed by atoms with Crippen LogP contribution >= 0.6 is 0 Å². The van der Waals surface area contributed by atoms with Crippen LogP contribution in [0.25, 0.3) is 10.9 Å². The zero-order chi connectivity index (χ0) is 12.1. The number of nitrogens with one attached hydrogen (secondary N) is 3. The van der Waals surface area contributed by atoms with Gasteiger partial charge in [-0.1, -0.05) is 12.1 Å². The normalized spacial score (nSPS) is 10.6. The van der Waals surface area contributed by atoms with Gasteiger partial charge in [-0.3, -0.25) is 9.89 Å². The fourth-order valence-electron chi connectivity index (χ4n) is 1.71. The minimum atomic E-state index is 0.0300. The Morgan fingerprint density at radius 2 is 2.35 bits per heavy atom. The van der Waals surface area contributed by atoms with Crippen molar-refractivity contribution in [2.24, 2.45) is 0 Å². The first-order valence-corrected chi connectivity index (χ1v) is 5.68. The third kappa shape index (κ3) is 2.82. The van der Waals surface area contributed by atoms with Gasteiger partial charge in [0.15, 0.2) is 0 Å². The second kappa shape index (κ2) is 5.45. The lowest BCUT2D eigenvalue weighted by molar-refractivity contribution is -0.116. The van der Waals surface area contributed by atoms with Crippen LogP contribution in [0.5, 0.6) is 0 Å². The molecule has 1 heterocycles. The third-order valence-corrected chi connectivity index (χ3v) is 2.58. The molecule has 0 bridgehead atoms. The Kier molecular flexibility index (Phi) is 3.72. The number of aromatic nitrogens is 2. The van der Waals surface area contributed by atoms with E-state index in [1.807, 2.05) is 25.2 Å². The largest absolute Gasteiger partial charge is 0.324 e. The predicted octanol–water partition coefficient (Wildman–Crippen LogP) is 1.50. The van der Waals surface area contributed by atoms with E-state index in [1.165, 1.54) is 0 Å². The number of anilines is 1. The Balaban J connectivity index is 2.03. The molecule has 2 aromatic rings. The molecule has 0 atom stereocenters. The summed E-state index contributed by atoms with van der Waals surface area (Å²) in [4.78, 5) is 11.7. The smallest absolute Gasteiger partial charge is 0.224 e. The van der Waals surface area contributed by atoms with Crippen LogP contribution in [-0.2, 0) is 4.79 Å². The number of amides is 1.